The van der Waals surface area contributed by atoms with E-state index in [-0.39, 0.29) is 12.1 Å². The van der Waals surface area contributed by atoms with Gasteiger partial charge in [0.1, 0.15) is 11.5 Å². The van der Waals surface area contributed by atoms with Gasteiger partial charge in [-0.2, -0.15) is 0 Å². The number of ether oxygens (including phenoxy) is 3. The van der Waals surface area contributed by atoms with Crippen LogP contribution in [0.1, 0.15) is 25.5 Å². The number of rotatable bonds is 7. The lowest BCUT2D eigenvalue weighted by Crippen LogP contribution is -2.29. The highest BCUT2D eigenvalue weighted by Crippen LogP contribution is 2.28. The Morgan fingerprint density at radius 2 is 1.67 bits per heavy atom. The summed E-state index contributed by atoms with van der Waals surface area (Å²) < 4.78 is 16.2. The molecule has 18 heavy (non-hydrogen) atoms. The van der Waals surface area contributed by atoms with Gasteiger partial charge in [0.15, 0.2) is 0 Å². The molecule has 0 aliphatic heterocycles. The van der Waals surface area contributed by atoms with E-state index in [1.54, 1.807) is 14.2 Å². The van der Waals surface area contributed by atoms with E-state index in [9.17, 15) is 0 Å². The zero-order chi connectivity index (χ0) is 13.5. The molecule has 2 atom stereocenters. The van der Waals surface area contributed by atoms with Crippen molar-refractivity contribution in [3.8, 4) is 11.5 Å². The third-order valence-corrected chi connectivity index (χ3v) is 2.94. The van der Waals surface area contributed by atoms with Crippen molar-refractivity contribution in [1.82, 2.24) is 5.32 Å². The molecule has 0 heterocycles. The highest BCUT2D eigenvalue weighted by atomic mass is 16.5. The first-order valence-corrected chi connectivity index (χ1v) is 6.18. The van der Waals surface area contributed by atoms with Crippen LogP contribution in [0.5, 0.6) is 11.5 Å². The van der Waals surface area contributed by atoms with Crippen LogP contribution in [0, 0.1) is 0 Å². The molecule has 1 rings (SSSR count). The quantitative estimate of drug-likeness (QED) is 0.810. The van der Waals surface area contributed by atoms with Crippen molar-refractivity contribution >= 4 is 0 Å². The molecule has 102 valence electrons. The molecular formula is C14H23NO3. The first-order valence-electron chi connectivity index (χ1n) is 6.18. The lowest BCUT2D eigenvalue weighted by Gasteiger charge is -2.24. The molecule has 0 radical (unpaired) electrons. The molecule has 0 aliphatic carbocycles. The lowest BCUT2D eigenvalue weighted by molar-refractivity contribution is 0.0492. The number of likely N-dealkylation sites (N-methyl/N-ethyl adjacent to an activating group) is 1. The van der Waals surface area contributed by atoms with E-state index >= 15 is 0 Å². The molecule has 4 nitrogen and oxygen atoms in total. The highest BCUT2D eigenvalue weighted by molar-refractivity contribution is 5.40. The predicted molar refractivity (Wildman–Crippen MR) is 72.4 cm³/mol. The second kappa shape index (κ2) is 7.24. The summed E-state index contributed by atoms with van der Waals surface area (Å²) in [5.74, 6) is 1.57. The minimum Gasteiger partial charge on any atom is -0.497 e. The summed E-state index contributed by atoms with van der Waals surface area (Å²) in [5.41, 5.74) is 1.09. The molecule has 0 saturated carbocycles. The third-order valence-electron chi connectivity index (χ3n) is 2.94. The van der Waals surface area contributed by atoms with Crippen LogP contribution in [0.25, 0.3) is 0 Å². The minimum absolute atomic E-state index is 0.0804. The topological polar surface area (TPSA) is 39.7 Å². The first-order chi connectivity index (χ1) is 8.65. The van der Waals surface area contributed by atoms with Crippen molar-refractivity contribution < 1.29 is 14.2 Å². The van der Waals surface area contributed by atoms with Crippen molar-refractivity contribution in [2.75, 3.05) is 27.9 Å². The minimum atomic E-state index is 0.0804. The summed E-state index contributed by atoms with van der Waals surface area (Å²) in [6.07, 6.45) is 0.0804. The summed E-state index contributed by atoms with van der Waals surface area (Å²) in [5, 5.41) is 3.27. The summed E-state index contributed by atoms with van der Waals surface area (Å²) in [7, 11) is 5.23. The number of hydrogen-bond donors (Lipinski definition) is 1. The molecule has 4 heteroatoms. The van der Waals surface area contributed by atoms with E-state index in [0.717, 1.165) is 17.1 Å². The van der Waals surface area contributed by atoms with Gasteiger partial charge in [-0.25, -0.2) is 0 Å². The van der Waals surface area contributed by atoms with Gasteiger partial charge in [-0.1, -0.05) is 0 Å². The Morgan fingerprint density at radius 1 is 1.11 bits per heavy atom. The van der Waals surface area contributed by atoms with Gasteiger partial charge in [0.2, 0.25) is 0 Å². The highest BCUT2D eigenvalue weighted by Gasteiger charge is 2.19. The number of methoxy groups -OCH3 is 2. The second-order valence-corrected chi connectivity index (χ2v) is 4.07. The third kappa shape index (κ3) is 3.62. The maximum absolute atomic E-state index is 5.65. The van der Waals surface area contributed by atoms with Crippen LogP contribution in [0.15, 0.2) is 18.2 Å². The standard InChI is InChI=1S/C14H23NO3/c1-6-18-10(2)14(15-3)11-7-12(16-4)9-13(8-11)17-5/h7-10,14-15H,6H2,1-5H3. The fraction of sp³-hybridized carbons (Fsp3) is 0.571. The SMILES string of the molecule is CCOC(C)C(NC)c1cc(OC)cc(OC)c1. The number of nitrogens with one attached hydrogen (secondary N) is 1. The monoisotopic (exact) mass is 253 g/mol. The molecule has 0 aromatic heterocycles. The molecule has 0 spiro atoms. The van der Waals surface area contributed by atoms with Crippen LogP contribution in [-0.4, -0.2) is 34.0 Å². The molecule has 1 aromatic carbocycles. The summed E-state index contributed by atoms with van der Waals surface area (Å²) in [6, 6.07) is 5.97. The zero-order valence-corrected chi connectivity index (χ0v) is 11.8. The average molecular weight is 253 g/mol. The van der Waals surface area contributed by atoms with Crippen molar-refractivity contribution in [2.45, 2.75) is 26.0 Å². The Labute approximate surface area is 109 Å². The van der Waals surface area contributed by atoms with Gasteiger partial charge in [0, 0.05) is 12.7 Å². The zero-order valence-electron chi connectivity index (χ0n) is 11.8. The van der Waals surface area contributed by atoms with Gasteiger partial charge in [0.05, 0.1) is 26.4 Å². The predicted octanol–water partition coefficient (Wildman–Crippen LogP) is 2.39. The Morgan fingerprint density at radius 3 is 2.06 bits per heavy atom. The fourth-order valence-corrected chi connectivity index (χ4v) is 2.04. The van der Waals surface area contributed by atoms with Gasteiger partial charge >= 0.3 is 0 Å². The second-order valence-electron chi connectivity index (χ2n) is 4.07. The van der Waals surface area contributed by atoms with E-state index in [0.29, 0.717) is 6.61 Å². The van der Waals surface area contributed by atoms with E-state index in [1.165, 1.54) is 0 Å². The van der Waals surface area contributed by atoms with Crippen LogP contribution in [0.3, 0.4) is 0 Å². The molecular weight excluding hydrogens is 230 g/mol. The maximum Gasteiger partial charge on any atom is 0.122 e. The molecule has 0 bridgehead atoms. The lowest BCUT2D eigenvalue weighted by atomic mass is 10.0. The smallest absolute Gasteiger partial charge is 0.122 e. The van der Waals surface area contributed by atoms with Crippen LogP contribution >= 0.6 is 0 Å². The molecule has 1 aromatic rings. The van der Waals surface area contributed by atoms with Crippen molar-refractivity contribution in [2.24, 2.45) is 0 Å². The molecule has 0 saturated heterocycles. The molecule has 0 amide bonds. The normalized spacial score (nSPS) is 14.1. The largest absolute Gasteiger partial charge is 0.497 e. The van der Waals surface area contributed by atoms with E-state index < -0.39 is 0 Å². The summed E-state index contributed by atoms with van der Waals surface area (Å²) in [6.45, 7) is 4.74. The van der Waals surface area contributed by atoms with Gasteiger partial charge in [-0.15, -0.1) is 0 Å². The van der Waals surface area contributed by atoms with Crippen molar-refractivity contribution in [3.05, 3.63) is 23.8 Å². The molecule has 1 N–H and O–H groups in total. The Hall–Kier alpha value is -1.26. The van der Waals surface area contributed by atoms with Crippen molar-refractivity contribution in [1.29, 1.82) is 0 Å². The Bertz CT molecular complexity index is 346. The van der Waals surface area contributed by atoms with Gasteiger partial charge < -0.3 is 19.5 Å². The van der Waals surface area contributed by atoms with E-state index in [4.69, 9.17) is 14.2 Å². The Kier molecular flexibility index (Phi) is 5.95. The molecule has 0 aliphatic rings. The first kappa shape index (κ1) is 14.8. The fourth-order valence-electron chi connectivity index (χ4n) is 2.04. The van der Waals surface area contributed by atoms with E-state index in [1.807, 2.05) is 32.2 Å². The summed E-state index contributed by atoms with van der Waals surface area (Å²) in [4.78, 5) is 0. The van der Waals surface area contributed by atoms with Gasteiger partial charge in [-0.3, -0.25) is 0 Å². The van der Waals surface area contributed by atoms with Crippen LogP contribution in [0.2, 0.25) is 0 Å². The van der Waals surface area contributed by atoms with Gasteiger partial charge in [-0.05, 0) is 38.6 Å². The van der Waals surface area contributed by atoms with Crippen molar-refractivity contribution in [3.63, 3.8) is 0 Å². The Balaban J connectivity index is 3.03. The summed E-state index contributed by atoms with van der Waals surface area (Å²) >= 11 is 0. The van der Waals surface area contributed by atoms with Gasteiger partial charge in [0.25, 0.3) is 0 Å². The average Bonchev–Trinajstić information content (AvgIpc) is 2.39. The van der Waals surface area contributed by atoms with Crippen LogP contribution < -0.4 is 14.8 Å². The number of hydrogen-bond acceptors (Lipinski definition) is 4. The van der Waals surface area contributed by atoms with Crippen LogP contribution in [-0.2, 0) is 4.74 Å². The van der Waals surface area contributed by atoms with E-state index in [2.05, 4.69) is 12.2 Å². The van der Waals surface area contributed by atoms with Crippen LogP contribution in [0.4, 0.5) is 0 Å². The maximum atomic E-state index is 5.65. The number of benzene rings is 1. The molecule has 2 unspecified atom stereocenters. The molecule has 0 fully saturated rings.